The van der Waals surface area contributed by atoms with E-state index in [-0.39, 0.29) is 11.4 Å². The average Bonchev–Trinajstić information content (AvgIpc) is 3.50. The lowest BCUT2D eigenvalue weighted by molar-refractivity contribution is 0.622. The summed E-state index contributed by atoms with van der Waals surface area (Å²) in [5, 5.41) is 9.23. The van der Waals surface area contributed by atoms with Crippen molar-refractivity contribution in [3.05, 3.63) is 186 Å². The Morgan fingerprint density at radius 3 is 2.21 bits per heavy atom. The Morgan fingerprint density at radius 1 is 0.729 bits per heavy atom. The maximum atomic E-state index is 6.70. The molecule has 3 nitrogen and oxygen atoms in total. The molecule has 0 saturated carbocycles. The fourth-order valence-electron chi connectivity index (χ4n) is 6.90. The molecule has 2 atom stereocenters. The van der Waals surface area contributed by atoms with Crippen LogP contribution in [0.15, 0.2) is 169 Å². The highest BCUT2D eigenvalue weighted by Gasteiger charge is 2.30. The summed E-state index contributed by atoms with van der Waals surface area (Å²) < 4.78 is 0. The van der Waals surface area contributed by atoms with Crippen LogP contribution in [0.3, 0.4) is 0 Å². The molecule has 8 rings (SSSR count). The molecule has 234 valence electrons. The van der Waals surface area contributed by atoms with Gasteiger partial charge in [-0.25, -0.2) is 0 Å². The number of rotatable bonds is 8. The fraction of sp³-hybridized carbons (Fsp3) is 0.0909. The van der Waals surface area contributed by atoms with Crippen LogP contribution < -0.4 is 16.0 Å². The van der Waals surface area contributed by atoms with E-state index in [0.717, 1.165) is 11.3 Å². The van der Waals surface area contributed by atoms with Crippen molar-refractivity contribution in [2.24, 2.45) is 5.73 Å². The summed E-state index contributed by atoms with van der Waals surface area (Å²) >= 11 is 1.94. The second-order valence-electron chi connectivity index (χ2n) is 12.5. The number of nitrogens with one attached hydrogen (secondary N) is 1. The van der Waals surface area contributed by atoms with E-state index in [1.165, 1.54) is 59.9 Å². The quantitative estimate of drug-likeness (QED) is 0.162. The fourth-order valence-corrected chi connectivity index (χ4v) is 8.20. The maximum Gasteiger partial charge on any atom is 0.105 e. The SMILES string of the molecule is CN1c2c(ccc3ccc4cc(CNC(/C=C(\N)c5ccccc5)c5cccc(-c6ccccc6)c5)ccc4c23)SC1c1ccccc1. The summed E-state index contributed by atoms with van der Waals surface area (Å²) in [6.07, 6.45) is 2.15. The number of hydrogen-bond acceptors (Lipinski definition) is 4. The number of nitrogens with zero attached hydrogens (tertiary/aromatic N) is 1. The Morgan fingerprint density at radius 2 is 1.42 bits per heavy atom. The van der Waals surface area contributed by atoms with Crippen molar-refractivity contribution in [1.29, 1.82) is 0 Å². The van der Waals surface area contributed by atoms with E-state index >= 15 is 0 Å². The molecule has 7 aromatic carbocycles. The Kier molecular flexibility index (Phi) is 8.19. The summed E-state index contributed by atoms with van der Waals surface area (Å²) in [6, 6.07) is 56.2. The molecule has 0 aliphatic carbocycles. The normalized spacial score (nSPS) is 15.1. The first kappa shape index (κ1) is 30.1. The Balaban J connectivity index is 1.12. The van der Waals surface area contributed by atoms with Gasteiger partial charge in [0.05, 0.1) is 11.7 Å². The van der Waals surface area contributed by atoms with Crippen molar-refractivity contribution in [1.82, 2.24) is 5.32 Å². The van der Waals surface area contributed by atoms with Crippen LogP contribution in [0.4, 0.5) is 5.69 Å². The highest BCUT2D eigenvalue weighted by molar-refractivity contribution is 8.00. The smallest absolute Gasteiger partial charge is 0.105 e. The molecule has 1 heterocycles. The molecular formula is C44H37N3S. The van der Waals surface area contributed by atoms with Crippen molar-refractivity contribution < 1.29 is 0 Å². The van der Waals surface area contributed by atoms with Crippen LogP contribution in [-0.2, 0) is 6.54 Å². The van der Waals surface area contributed by atoms with Gasteiger partial charge in [0.1, 0.15) is 5.37 Å². The minimum Gasteiger partial charge on any atom is -0.398 e. The first-order valence-electron chi connectivity index (χ1n) is 16.5. The summed E-state index contributed by atoms with van der Waals surface area (Å²) in [7, 11) is 2.23. The van der Waals surface area contributed by atoms with Gasteiger partial charge >= 0.3 is 0 Å². The van der Waals surface area contributed by atoms with Crippen LogP contribution in [-0.4, -0.2) is 7.05 Å². The largest absolute Gasteiger partial charge is 0.398 e. The Hall–Kier alpha value is -5.29. The summed E-state index contributed by atoms with van der Waals surface area (Å²) in [5.41, 5.74) is 15.9. The molecule has 0 aromatic heterocycles. The number of nitrogens with two attached hydrogens (primary N) is 1. The molecule has 0 bridgehead atoms. The van der Waals surface area contributed by atoms with E-state index in [2.05, 4.69) is 163 Å². The van der Waals surface area contributed by atoms with Crippen LogP contribution in [0.1, 0.15) is 33.7 Å². The topological polar surface area (TPSA) is 41.3 Å². The maximum absolute atomic E-state index is 6.70. The second kappa shape index (κ2) is 13.1. The van der Waals surface area contributed by atoms with Crippen molar-refractivity contribution in [2.45, 2.75) is 22.9 Å². The third-order valence-electron chi connectivity index (χ3n) is 9.36. The molecule has 0 amide bonds. The molecule has 0 spiro atoms. The first-order chi connectivity index (χ1) is 23.6. The molecule has 0 fully saturated rings. The van der Waals surface area contributed by atoms with Gasteiger partial charge in [0.25, 0.3) is 0 Å². The van der Waals surface area contributed by atoms with E-state index in [1.807, 2.05) is 30.0 Å². The van der Waals surface area contributed by atoms with E-state index in [9.17, 15) is 0 Å². The lowest BCUT2D eigenvalue weighted by Crippen LogP contribution is -2.20. The van der Waals surface area contributed by atoms with E-state index in [4.69, 9.17) is 5.73 Å². The predicted molar refractivity (Wildman–Crippen MR) is 205 cm³/mol. The number of hydrogen-bond donors (Lipinski definition) is 2. The van der Waals surface area contributed by atoms with Gasteiger partial charge in [0, 0.05) is 29.6 Å². The molecule has 0 radical (unpaired) electrons. The van der Waals surface area contributed by atoms with Gasteiger partial charge in [-0.15, -0.1) is 0 Å². The van der Waals surface area contributed by atoms with Gasteiger partial charge in [0.15, 0.2) is 0 Å². The molecule has 48 heavy (non-hydrogen) atoms. The van der Waals surface area contributed by atoms with Crippen LogP contribution in [0, 0.1) is 0 Å². The van der Waals surface area contributed by atoms with Crippen LogP contribution in [0.5, 0.6) is 0 Å². The van der Waals surface area contributed by atoms with Gasteiger partial charge < -0.3 is 16.0 Å². The molecule has 3 N–H and O–H groups in total. The van der Waals surface area contributed by atoms with Gasteiger partial charge in [-0.2, -0.15) is 0 Å². The van der Waals surface area contributed by atoms with E-state index < -0.39 is 0 Å². The molecule has 4 heteroatoms. The molecule has 0 saturated heterocycles. The number of fused-ring (bicyclic) bond motifs is 5. The van der Waals surface area contributed by atoms with Crippen molar-refractivity contribution in [2.75, 3.05) is 11.9 Å². The predicted octanol–water partition coefficient (Wildman–Crippen LogP) is 10.7. The molecule has 2 unspecified atom stereocenters. The Bertz CT molecular complexity index is 2250. The number of anilines is 1. The van der Waals surface area contributed by atoms with Gasteiger partial charge in [-0.1, -0.05) is 151 Å². The zero-order valence-electron chi connectivity index (χ0n) is 26.9. The van der Waals surface area contributed by atoms with Crippen molar-refractivity contribution in [3.63, 3.8) is 0 Å². The van der Waals surface area contributed by atoms with Gasteiger partial charge in [-0.3, -0.25) is 0 Å². The zero-order chi connectivity index (χ0) is 32.5. The van der Waals surface area contributed by atoms with Gasteiger partial charge in [0.2, 0.25) is 0 Å². The van der Waals surface area contributed by atoms with E-state index in [1.54, 1.807) is 0 Å². The van der Waals surface area contributed by atoms with Crippen LogP contribution >= 0.6 is 11.8 Å². The van der Waals surface area contributed by atoms with Crippen LogP contribution in [0.25, 0.3) is 38.4 Å². The minimum atomic E-state index is -0.0787. The second-order valence-corrected chi connectivity index (χ2v) is 13.6. The molecule has 1 aliphatic heterocycles. The van der Waals surface area contributed by atoms with E-state index in [0.29, 0.717) is 6.54 Å². The molecule has 1 aliphatic rings. The van der Waals surface area contributed by atoms with Crippen LogP contribution in [0.2, 0.25) is 0 Å². The van der Waals surface area contributed by atoms with Crippen molar-refractivity contribution >= 4 is 44.7 Å². The number of thioether (sulfide) groups is 1. The molecule has 7 aromatic rings. The summed E-state index contributed by atoms with van der Waals surface area (Å²) in [6.45, 7) is 0.700. The van der Waals surface area contributed by atoms with Crippen molar-refractivity contribution in [3.8, 4) is 11.1 Å². The highest BCUT2D eigenvalue weighted by Crippen LogP contribution is 2.54. The zero-order valence-corrected chi connectivity index (χ0v) is 27.7. The lowest BCUT2D eigenvalue weighted by atomic mass is 9.97. The third kappa shape index (κ3) is 5.85. The van der Waals surface area contributed by atoms with Gasteiger partial charge in [-0.05, 0) is 73.8 Å². The summed E-state index contributed by atoms with van der Waals surface area (Å²) in [4.78, 5) is 3.78. The highest BCUT2D eigenvalue weighted by atomic mass is 32.2. The monoisotopic (exact) mass is 639 g/mol. The summed E-state index contributed by atoms with van der Waals surface area (Å²) in [5.74, 6) is 0. The average molecular weight is 640 g/mol. The lowest BCUT2D eigenvalue weighted by Gasteiger charge is -2.23. The third-order valence-corrected chi connectivity index (χ3v) is 10.8. The first-order valence-corrected chi connectivity index (χ1v) is 17.3. The molecular weight excluding hydrogens is 603 g/mol. The Labute approximate surface area is 286 Å². The standard InChI is InChI=1S/C44H37N3S/c1-47-43-41(48-44(47)34-16-9-4-10-17-34)25-23-33-21-22-36-26-30(20-24-38(36)42(33)43)29-46-40(28-39(45)32-14-7-3-8-15-32)37-19-11-18-35(27-37)31-12-5-2-6-13-31/h2-28,40,44,46H,29,45H2,1H3/b39-28-. The minimum absolute atomic E-state index is 0.0787. The number of benzene rings is 7.